The van der Waals surface area contributed by atoms with Crippen molar-refractivity contribution in [2.24, 2.45) is 4.99 Å². The Labute approximate surface area is 192 Å². The largest absolute Gasteiger partial charge is 0.420 e. The zero-order valence-electron chi connectivity index (χ0n) is 18.4. The van der Waals surface area contributed by atoms with E-state index >= 15 is 0 Å². The molecule has 3 aromatic heterocycles. The Bertz CT molecular complexity index is 1250. The van der Waals surface area contributed by atoms with E-state index in [-0.39, 0.29) is 29.9 Å². The van der Waals surface area contributed by atoms with Crippen molar-refractivity contribution in [3.8, 4) is 11.3 Å². The number of aromatic nitrogens is 4. The van der Waals surface area contributed by atoms with E-state index in [1.54, 1.807) is 26.0 Å². The van der Waals surface area contributed by atoms with E-state index in [2.05, 4.69) is 35.7 Å². The molecule has 1 fully saturated rings. The first kappa shape index (κ1) is 22.4. The lowest BCUT2D eigenvalue weighted by Gasteiger charge is -2.27. The molecular weight excluding hydrogens is 451 g/mol. The first-order valence-corrected chi connectivity index (χ1v) is 10.8. The molecule has 0 spiro atoms. The van der Waals surface area contributed by atoms with Crippen molar-refractivity contribution in [3.63, 3.8) is 0 Å². The van der Waals surface area contributed by atoms with Crippen LogP contribution < -0.4 is 10.6 Å². The monoisotopic (exact) mass is 473 g/mol. The first-order chi connectivity index (χ1) is 16.2. The van der Waals surface area contributed by atoms with Gasteiger partial charge < -0.3 is 20.3 Å². The topological polar surface area (TPSA) is 121 Å². The number of anilines is 1. The highest BCUT2D eigenvalue weighted by Crippen LogP contribution is 2.35. The number of pyridine rings is 1. The number of piperidine rings is 1. The van der Waals surface area contributed by atoms with E-state index in [1.807, 2.05) is 0 Å². The molecule has 178 valence electrons. The zero-order valence-corrected chi connectivity index (χ0v) is 18.4. The summed E-state index contributed by atoms with van der Waals surface area (Å²) in [6.07, 6.45) is -4.01. The molecule has 2 aliphatic rings. The van der Waals surface area contributed by atoms with Gasteiger partial charge in [0.05, 0.1) is 41.0 Å². The lowest BCUT2D eigenvalue weighted by Crippen LogP contribution is -2.46. The highest BCUT2D eigenvalue weighted by atomic mass is 19.4. The Morgan fingerprint density at radius 3 is 2.71 bits per heavy atom. The quantitative estimate of drug-likeness (QED) is 0.529. The molecule has 9 nitrogen and oxygen atoms in total. The Morgan fingerprint density at radius 2 is 2.00 bits per heavy atom. The SMILES string of the molecule is Cc1noc(C)c1-c1ccc2c(n1)CN=C2c1nc(N[C@@H]2CNC[C@H](O)C2)ncc1C(F)(F)F. The second-order valence-electron chi connectivity index (χ2n) is 8.40. The van der Waals surface area contributed by atoms with Crippen LogP contribution >= 0.6 is 0 Å². The van der Waals surface area contributed by atoms with E-state index in [1.165, 1.54) is 0 Å². The molecule has 5 rings (SSSR count). The first-order valence-electron chi connectivity index (χ1n) is 10.8. The van der Waals surface area contributed by atoms with E-state index in [9.17, 15) is 18.3 Å². The molecule has 1 saturated heterocycles. The average Bonchev–Trinajstić information content (AvgIpc) is 3.35. The van der Waals surface area contributed by atoms with Crippen LogP contribution in [0.2, 0.25) is 0 Å². The van der Waals surface area contributed by atoms with Crippen LogP contribution in [-0.4, -0.2) is 56.2 Å². The van der Waals surface area contributed by atoms with Crippen molar-refractivity contribution in [3.05, 3.63) is 52.3 Å². The van der Waals surface area contributed by atoms with Crippen LogP contribution in [0.25, 0.3) is 11.3 Å². The lowest BCUT2D eigenvalue weighted by molar-refractivity contribution is -0.138. The number of aliphatic imine (C=N–C) groups is 1. The smallest absolute Gasteiger partial charge is 0.392 e. The molecule has 0 aromatic carbocycles. The Hall–Kier alpha value is -3.38. The Balaban J connectivity index is 1.51. The van der Waals surface area contributed by atoms with Crippen molar-refractivity contribution < 1.29 is 22.8 Å². The van der Waals surface area contributed by atoms with Crippen LogP contribution in [0.15, 0.2) is 27.8 Å². The minimum Gasteiger partial charge on any atom is -0.392 e. The molecule has 2 aliphatic heterocycles. The molecule has 0 amide bonds. The molecule has 5 heterocycles. The summed E-state index contributed by atoms with van der Waals surface area (Å²) >= 11 is 0. The predicted molar refractivity (Wildman–Crippen MR) is 116 cm³/mol. The number of rotatable bonds is 4. The van der Waals surface area contributed by atoms with Crippen LogP contribution in [0, 0.1) is 13.8 Å². The molecule has 34 heavy (non-hydrogen) atoms. The summed E-state index contributed by atoms with van der Waals surface area (Å²) in [5.74, 6) is 0.651. The number of hydrogen-bond acceptors (Lipinski definition) is 9. The number of nitrogens with zero attached hydrogens (tertiary/aromatic N) is 5. The minimum absolute atomic E-state index is 0.0420. The molecule has 0 unspecified atom stereocenters. The van der Waals surface area contributed by atoms with Crippen molar-refractivity contribution in [2.75, 3.05) is 18.4 Å². The third-order valence-corrected chi connectivity index (χ3v) is 5.88. The summed E-state index contributed by atoms with van der Waals surface area (Å²) in [4.78, 5) is 17.1. The van der Waals surface area contributed by atoms with Crippen LogP contribution in [0.3, 0.4) is 0 Å². The maximum atomic E-state index is 13.8. The molecule has 0 saturated carbocycles. The van der Waals surface area contributed by atoms with E-state index in [0.717, 1.165) is 11.8 Å². The van der Waals surface area contributed by atoms with E-state index in [4.69, 9.17) is 4.52 Å². The summed E-state index contributed by atoms with van der Waals surface area (Å²) < 4.78 is 46.7. The molecule has 2 atom stereocenters. The molecule has 3 aromatic rings. The number of aliphatic hydroxyl groups is 1. The van der Waals surface area contributed by atoms with Crippen LogP contribution in [-0.2, 0) is 12.7 Å². The third-order valence-electron chi connectivity index (χ3n) is 5.88. The van der Waals surface area contributed by atoms with Gasteiger partial charge in [-0.3, -0.25) is 4.99 Å². The minimum atomic E-state index is -4.66. The van der Waals surface area contributed by atoms with Gasteiger partial charge in [-0.15, -0.1) is 0 Å². The number of aliphatic hydroxyl groups excluding tert-OH is 1. The zero-order chi connectivity index (χ0) is 24.0. The maximum absolute atomic E-state index is 13.8. The number of nitrogens with one attached hydrogen (secondary N) is 2. The highest BCUT2D eigenvalue weighted by molar-refractivity contribution is 6.14. The maximum Gasteiger partial charge on any atom is 0.420 e. The van der Waals surface area contributed by atoms with E-state index < -0.39 is 17.8 Å². The molecule has 3 N–H and O–H groups in total. The number of hydrogen-bond donors (Lipinski definition) is 3. The van der Waals surface area contributed by atoms with Crippen molar-refractivity contribution in [1.82, 2.24) is 25.4 Å². The number of aryl methyl sites for hydroxylation is 2. The fourth-order valence-electron chi connectivity index (χ4n) is 4.32. The summed E-state index contributed by atoms with van der Waals surface area (Å²) in [5, 5.41) is 19.9. The molecular formula is C22H22F3N7O2. The van der Waals surface area contributed by atoms with E-state index in [0.29, 0.717) is 47.9 Å². The van der Waals surface area contributed by atoms with Gasteiger partial charge in [0.15, 0.2) is 0 Å². The molecule has 12 heteroatoms. The van der Waals surface area contributed by atoms with Crippen molar-refractivity contribution in [2.45, 2.75) is 45.1 Å². The van der Waals surface area contributed by atoms with Gasteiger partial charge >= 0.3 is 6.18 Å². The van der Waals surface area contributed by atoms with Crippen molar-refractivity contribution in [1.29, 1.82) is 0 Å². The standard InChI is InChI=1S/C22H22F3N7O2/c1-10-18(11(2)34-32-10)16-4-3-14-17(30-16)9-27-19(14)20-15(22(23,24)25)8-28-21(31-20)29-12-5-13(33)7-26-6-12/h3-4,8,12-13,26,33H,5-7,9H2,1-2H3,(H,28,29,31)/t12-,13+/m0/s1. The molecule has 0 radical (unpaired) electrons. The summed E-state index contributed by atoms with van der Waals surface area (Å²) in [6.45, 7) is 4.71. The normalized spacial score (nSPS) is 20.2. The predicted octanol–water partition coefficient (Wildman–Crippen LogP) is 2.65. The van der Waals surface area contributed by atoms with Gasteiger partial charge in [0, 0.05) is 30.9 Å². The second kappa shape index (κ2) is 8.44. The van der Waals surface area contributed by atoms with Gasteiger partial charge in [-0.25, -0.2) is 15.0 Å². The van der Waals surface area contributed by atoms with Crippen LogP contribution in [0.4, 0.5) is 19.1 Å². The average molecular weight is 473 g/mol. The third kappa shape index (κ3) is 4.14. The van der Waals surface area contributed by atoms with Gasteiger partial charge in [-0.2, -0.15) is 13.2 Å². The summed E-state index contributed by atoms with van der Waals surface area (Å²) in [5.41, 5.74) is 1.93. The molecule has 0 aliphatic carbocycles. The lowest BCUT2D eigenvalue weighted by atomic mass is 10.0. The second-order valence-corrected chi connectivity index (χ2v) is 8.40. The van der Waals surface area contributed by atoms with Gasteiger partial charge in [0.25, 0.3) is 0 Å². The number of β-amino-alcohol motifs (C(OH)–C–C–N with tert-alkyl or cyclic N) is 1. The molecule has 0 bridgehead atoms. The number of halogens is 3. The Morgan fingerprint density at radius 1 is 1.18 bits per heavy atom. The van der Waals surface area contributed by atoms with Gasteiger partial charge in [-0.05, 0) is 32.4 Å². The number of alkyl halides is 3. The van der Waals surface area contributed by atoms with Crippen LogP contribution in [0.1, 0.15) is 40.4 Å². The summed E-state index contributed by atoms with van der Waals surface area (Å²) in [6, 6.07) is 3.20. The fourth-order valence-corrected chi connectivity index (χ4v) is 4.32. The van der Waals surface area contributed by atoms with Crippen molar-refractivity contribution >= 4 is 11.7 Å². The fraction of sp³-hybridized carbons (Fsp3) is 0.409. The van der Waals surface area contributed by atoms with Gasteiger partial charge in [0.2, 0.25) is 5.95 Å². The highest BCUT2D eigenvalue weighted by Gasteiger charge is 2.38. The van der Waals surface area contributed by atoms with Gasteiger partial charge in [-0.1, -0.05) is 5.16 Å². The summed E-state index contributed by atoms with van der Waals surface area (Å²) in [7, 11) is 0. The Kier molecular flexibility index (Phi) is 5.56. The van der Waals surface area contributed by atoms with Crippen LogP contribution in [0.5, 0.6) is 0 Å². The van der Waals surface area contributed by atoms with Gasteiger partial charge in [0.1, 0.15) is 17.0 Å². The number of fused-ring (bicyclic) bond motifs is 1.